The zero-order valence-electron chi connectivity index (χ0n) is 11.4. The first-order valence-electron chi connectivity index (χ1n) is 6.11. The van der Waals surface area contributed by atoms with Gasteiger partial charge in [-0.2, -0.15) is 0 Å². The molecule has 0 spiro atoms. The van der Waals surface area contributed by atoms with Gasteiger partial charge < -0.3 is 4.74 Å². The zero-order chi connectivity index (χ0) is 15.6. The highest BCUT2D eigenvalue weighted by Crippen LogP contribution is 2.23. The van der Waals surface area contributed by atoms with Crippen LogP contribution in [0.15, 0.2) is 24.3 Å². The van der Waals surface area contributed by atoms with Crippen LogP contribution in [0, 0.1) is 13.8 Å². The lowest BCUT2D eigenvalue weighted by Crippen LogP contribution is -2.14. The van der Waals surface area contributed by atoms with Crippen molar-refractivity contribution in [2.75, 3.05) is 6.61 Å². The Bertz CT molecular complexity index is 707. The standard InChI is InChI=1S/C15H12Cl2O3S/c1-8-5-12(9(2)21-8)14(18)7-20-15(19)11-4-3-10(16)6-13(11)17/h3-6H,7H2,1-2H3. The van der Waals surface area contributed by atoms with E-state index in [9.17, 15) is 9.59 Å². The van der Waals surface area contributed by atoms with Gasteiger partial charge in [0, 0.05) is 20.3 Å². The Morgan fingerprint density at radius 2 is 1.86 bits per heavy atom. The Morgan fingerprint density at radius 3 is 2.43 bits per heavy atom. The second kappa shape index (κ2) is 6.60. The molecule has 0 bridgehead atoms. The number of thiophene rings is 1. The van der Waals surface area contributed by atoms with Crippen molar-refractivity contribution >= 4 is 46.3 Å². The molecule has 110 valence electrons. The number of carbonyl (C=O) groups excluding carboxylic acids is 2. The van der Waals surface area contributed by atoms with E-state index in [-0.39, 0.29) is 23.0 Å². The first kappa shape index (κ1) is 16.0. The molecule has 0 saturated carbocycles. The van der Waals surface area contributed by atoms with Crippen molar-refractivity contribution in [3.05, 3.63) is 55.2 Å². The van der Waals surface area contributed by atoms with Gasteiger partial charge in [-0.1, -0.05) is 23.2 Å². The number of ether oxygens (including phenoxy) is 1. The molecule has 0 aliphatic heterocycles. The Labute approximate surface area is 136 Å². The summed E-state index contributed by atoms with van der Waals surface area (Å²) < 4.78 is 5.02. The smallest absolute Gasteiger partial charge is 0.340 e. The van der Waals surface area contributed by atoms with E-state index >= 15 is 0 Å². The van der Waals surface area contributed by atoms with Crippen LogP contribution in [0.5, 0.6) is 0 Å². The summed E-state index contributed by atoms with van der Waals surface area (Å²) in [4.78, 5) is 25.9. The molecule has 0 fully saturated rings. The molecule has 0 aliphatic rings. The first-order chi connectivity index (χ1) is 9.88. The third-order valence-electron chi connectivity index (χ3n) is 2.83. The number of rotatable bonds is 4. The average molecular weight is 343 g/mol. The van der Waals surface area contributed by atoms with Crippen molar-refractivity contribution in [3.63, 3.8) is 0 Å². The van der Waals surface area contributed by atoms with Gasteiger partial charge in [0.25, 0.3) is 0 Å². The minimum Gasteiger partial charge on any atom is -0.454 e. The predicted molar refractivity (Wildman–Crippen MR) is 84.9 cm³/mol. The Kier molecular flexibility index (Phi) is 5.04. The van der Waals surface area contributed by atoms with Gasteiger partial charge in [0.2, 0.25) is 5.78 Å². The number of Topliss-reactive ketones (excluding diaryl/α,β-unsaturated/α-hetero) is 1. The molecule has 21 heavy (non-hydrogen) atoms. The number of benzene rings is 1. The highest BCUT2D eigenvalue weighted by Gasteiger charge is 2.17. The fourth-order valence-corrected chi connectivity index (χ4v) is 3.28. The molecule has 2 aromatic rings. The number of esters is 1. The lowest BCUT2D eigenvalue weighted by atomic mass is 10.2. The molecular formula is C15H12Cl2O3S. The van der Waals surface area contributed by atoms with Crippen molar-refractivity contribution in [3.8, 4) is 0 Å². The molecule has 1 aromatic heterocycles. The maximum atomic E-state index is 12.0. The second-order valence-electron chi connectivity index (χ2n) is 4.45. The van der Waals surface area contributed by atoms with Crippen LogP contribution in [0.25, 0.3) is 0 Å². The quantitative estimate of drug-likeness (QED) is 0.596. The number of hydrogen-bond donors (Lipinski definition) is 0. The van der Waals surface area contributed by atoms with Gasteiger partial charge in [-0.15, -0.1) is 11.3 Å². The lowest BCUT2D eigenvalue weighted by molar-refractivity contribution is 0.0475. The summed E-state index contributed by atoms with van der Waals surface area (Å²) in [7, 11) is 0. The molecular weight excluding hydrogens is 331 g/mol. The molecule has 0 atom stereocenters. The largest absolute Gasteiger partial charge is 0.454 e. The molecule has 0 unspecified atom stereocenters. The van der Waals surface area contributed by atoms with Gasteiger partial charge in [0.05, 0.1) is 10.6 Å². The van der Waals surface area contributed by atoms with E-state index in [4.69, 9.17) is 27.9 Å². The summed E-state index contributed by atoms with van der Waals surface area (Å²) in [5.41, 5.74) is 0.777. The van der Waals surface area contributed by atoms with Gasteiger partial charge in [-0.25, -0.2) is 4.79 Å². The SMILES string of the molecule is Cc1cc(C(=O)COC(=O)c2ccc(Cl)cc2Cl)c(C)s1. The van der Waals surface area contributed by atoms with Gasteiger partial charge in [0.15, 0.2) is 6.61 Å². The maximum absolute atomic E-state index is 12.0. The minimum absolute atomic E-state index is 0.187. The molecule has 0 amide bonds. The highest BCUT2D eigenvalue weighted by molar-refractivity contribution is 7.12. The van der Waals surface area contributed by atoms with Gasteiger partial charge >= 0.3 is 5.97 Å². The van der Waals surface area contributed by atoms with Crippen LogP contribution in [0.3, 0.4) is 0 Å². The lowest BCUT2D eigenvalue weighted by Gasteiger charge is -2.06. The third kappa shape index (κ3) is 3.84. The number of carbonyl (C=O) groups is 2. The van der Waals surface area contributed by atoms with Crippen molar-refractivity contribution < 1.29 is 14.3 Å². The molecule has 3 nitrogen and oxygen atoms in total. The van der Waals surface area contributed by atoms with Crippen molar-refractivity contribution in [1.29, 1.82) is 0 Å². The fourth-order valence-electron chi connectivity index (χ4n) is 1.85. The summed E-state index contributed by atoms with van der Waals surface area (Å²) in [5, 5.41) is 0.625. The molecule has 1 aromatic carbocycles. The summed E-state index contributed by atoms with van der Waals surface area (Å²) in [6, 6.07) is 6.26. The Morgan fingerprint density at radius 1 is 1.14 bits per heavy atom. The normalized spacial score (nSPS) is 10.5. The third-order valence-corrected chi connectivity index (χ3v) is 4.34. The monoisotopic (exact) mass is 342 g/mol. The van der Waals surface area contributed by atoms with Crippen LogP contribution in [0.1, 0.15) is 30.5 Å². The van der Waals surface area contributed by atoms with E-state index in [1.54, 1.807) is 6.07 Å². The van der Waals surface area contributed by atoms with Crippen molar-refractivity contribution in [2.24, 2.45) is 0 Å². The minimum atomic E-state index is -0.644. The van der Waals surface area contributed by atoms with Crippen molar-refractivity contribution in [2.45, 2.75) is 13.8 Å². The van der Waals surface area contributed by atoms with Crippen LogP contribution in [0.4, 0.5) is 0 Å². The van der Waals surface area contributed by atoms with Gasteiger partial charge in [-0.3, -0.25) is 4.79 Å². The van der Waals surface area contributed by atoms with Crippen LogP contribution in [-0.2, 0) is 4.74 Å². The van der Waals surface area contributed by atoms with E-state index in [0.717, 1.165) is 9.75 Å². The van der Waals surface area contributed by atoms with Crippen molar-refractivity contribution in [1.82, 2.24) is 0 Å². The number of ketones is 1. The van der Waals surface area contributed by atoms with E-state index < -0.39 is 5.97 Å². The van der Waals surface area contributed by atoms with Gasteiger partial charge in [-0.05, 0) is 38.1 Å². The zero-order valence-corrected chi connectivity index (χ0v) is 13.7. The summed E-state index contributed by atoms with van der Waals surface area (Å²) >= 11 is 13.2. The molecule has 0 aliphatic carbocycles. The van der Waals surface area contributed by atoms with Crippen LogP contribution in [0.2, 0.25) is 10.0 Å². The topological polar surface area (TPSA) is 43.4 Å². The second-order valence-corrected chi connectivity index (χ2v) is 6.75. The summed E-state index contributed by atoms with van der Waals surface area (Å²) in [5.74, 6) is -0.870. The maximum Gasteiger partial charge on any atom is 0.340 e. The van der Waals surface area contributed by atoms with E-state index in [0.29, 0.717) is 10.6 Å². The molecule has 0 N–H and O–H groups in total. The van der Waals surface area contributed by atoms with Crippen LogP contribution in [-0.4, -0.2) is 18.4 Å². The van der Waals surface area contributed by atoms with Crippen LogP contribution >= 0.6 is 34.5 Å². The van der Waals surface area contributed by atoms with E-state index in [2.05, 4.69) is 0 Å². The van der Waals surface area contributed by atoms with E-state index in [1.165, 1.54) is 29.5 Å². The summed E-state index contributed by atoms with van der Waals surface area (Å²) in [6.07, 6.45) is 0. The number of hydrogen-bond acceptors (Lipinski definition) is 4. The molecule has 2 rings (SSSR count). The molecule has 1 heterocycles. The summed E-state index contributed by atoms with van der Waals surface area (Å²) in [6.45, 7) is 3.48. The fraction of sp³-hybridized carbons (Fsp3) is 0.200. The first-order valence-corrected chi connectivity index (χ1v) is 7.68. The van der Waals surface area contributed by atoms with Gasteiger partial charge in [0.1, 0.15) is 0 Å². The molecule has 6 heteroatoms. The highest BCUT2D eigenvalue weighted by atomic mass is 35.5. The predicted octanol–water partition coefficient (Wildman–Crippen LogP) is 4.71. The average Bonchev–Trinajstić information content (AvgIpc) is 2.74. The molecule has 0 radical (unpaired) electrons. The Hall–Kier alpha value is -1.36. The Balaban J connectivity index is 2.04. The number of halogens is 2. The molecule has 0 saturated heterocycles. The van der Waals surface area contributed by atoms with E-state index in [1.807, 2.05) is 13.8 Å². The van der Waals surface area contributed by atoms with Crippen LogP contribution < -0.4 is 0 Å². The number of aryl methyl sites for hydroxylation is 2.